The second-order valence-electron chi connectivity index (χ2n) is 4.43. The Bertz CT molecular complexity index is 817. The molecule has 0 amide bonds. The van der Waals surface area contributed by atoms with Gasteiger partial charge in [0.25, 0.3) is 0 Å². The smallest absolute Gasteiger partial charge is 0.184 e. The monoisotopic (exact) mass is 293 g/mol. The number of pyridine rings is 1. The maximum Gasteiger partial charge on any atom is 0.184 e. The minimum atomic E-state index is -1.05. The van der Waals surface area contributed by atoms with Crippen LogP contribution in [0.25, 0.3) is 22.4 Å². The number of hydrogen-bond donors (Lipinski definition) is 1. The highest BCUT2D eigenvalue weighted by Gasteiger charge is 2.18. The van der Waals surface area contributed by atoms with Crippen molar-refractivity contribution >= 4 is 11.0 Å². The summed E-state index contributed by atoms with van der Waals surface area (Å²) in [5.74, 6) is -2.41. The van der Waals surface area contributed by atoms with Gasteiger partial charge in [-0.05, 0) is 18.2 Å². The van der Waals surface area contributed by atoms with Crippen molar-refractivity contribution in [3.05, 3.63) is 48.0 Å². The molecule has 0 saturated heterocycles. The number of hydrogen-bond acceptors (Lipinski definition) is 3. The summed E-state index contributed by atoms with van der Waals surface area (Å²) in [4.78, 5) is 7.90. The molecular weight excluding hydrogens is 283 g/mol. The van der Waals surface area contributed by atoms with Crippen LogP contribution in [0.4, 0.5) is 13.2 Å². The van der Waals surface area contributed by atoms with Gasteiger partial charge in [0.1, 0.15) is 17.2 Å². The SMILES string of the molecule is OCCn1c(-c2cncc(F)c2)nc2ccc(F)c(F)c21. The van der Waals surface area contributed by atoms with Crippen LogP contribution in [0, 0.1) is 17.5 Å². The van der Waals surface area contributed by atoms with Crippen molar-refractivity contribution in [1.82, 2.24) is 14.5 Å². The molecule has 2 aromatic heterocycles. The van der Waals surface area contributed by atoms with Gasteiger partial charge in [0, 0.05) is 18.3 Å². The Labute approximate surface area is 117 Å². The van der Waals surface area contributed by atoms with Gasteiger partial charge in [0.2, 0.25) is 0 Å². The summed E-state index contributed by atoms with van der Waals surface area (Å²) in [6.45, 7) is -0.292. The Kier molecular flexibility index (Phi) is 3.34. The maximum atomic E-state index is 14.0. The number of fused-ring (bicyclic) bond motifs is 1. The van der Waals surface area contributed by atoms with Gasteiger partial charge in [-0.1, -0.05) is 0 Å². The molecule has 1 N–H and O–H groups in total. The summed E-state index contributed by atoms with van der Waals surface area (Å²) in [6, 6.07) is 3.50. The molecule has 1 aromatic carbocycles. The average molecular weight is 293 g/mol. The molecule has 3 aromatic rings. The van der Waals surface area contributed by atoms with E-state index in [0.29, 0.717) is 5.56 Å². The highest BCUT2D eigenvalue weighted by molar-refractivity contribution is 5.81. The van der Waals surface area contributed by atoms with E-state index in [0.717, 1.165) is 12.3 Å². The number of rotatable bonds is 3. The largest absolute Gasteiger partial charge is 0.395 e. The second kappa shape index (κ2) is 5.17. The Morgan fingerprint density at radius 2 is 1.95 bits per heavy atom. The van der Waals surface area contributed by atoms with Crippen LogP contribution < -0.4 is 0 Å². The van der Waals surface area contributed by atoms with Crippen LogP contribution in [-0.2, 0) is 6.54 Å². The van der Waals surface area contributed by atoms with Gasteiger partial charge >= 0.3 is 0 Å². The van der Waals surface area contributed by atoms with Gasteiger partial charge in [-0.3, -0.25) is 4.98 Å². The predicted molar refractivity (Wildman–Crippen MR) is 69.9 cm³/mol. The minimum absolute atomic E-state index is 0.00270. The topological polar surface area (TPSA) is 50.9 Å². The Morgan fingerprint density at radius 1 is 1.14 bits per heavy atom. The first-order valence-corrected chi connectivity index (χ1v) is 6.18. The van der Waals surface area contributed by atoms with Crippen molar-refractivity contribution in [2.24, 2.45) is 0 Å². The summed E-state index contributed by atoms with van der Waals surface area (Å²) in [5.41, 5.74) is 0.476. The van der Waals surface area contributed by atoms with Crippen LogP contribution in [0.2, 0.25) is 0 Å². The van der Waals surface area contributed by atoms with E-state index >= 15 is 0 Å². The summed E-state index contributed by atoms with van der Waals surface area (Å²) in [6.07, 6.45) is 2.40. The maximum absolute atomic E-state index is 14.0. The van der Waals surface area contributed by atoms with Crippen molar-refractivity contribution in [3.8, 4) is 11.4 Å². The van der Waals surface area contributed by atoms with E-state index in [1.165, 1.54) is 22.9 Å². The molecule has 4 nitrogen and oxygen atoms in total. The molecule has 0 aliphatic heterocycles. The third kappa shape index (κ3) is 2.25. The molecule has 21 heavy (non-hydrogen) atoms. The Morgan fingerprint density at radius 3 is 2.67 bits per heavy atom. The number of imidazole rings is 1. The average Bonchev–Trinajstić information content (AvgIpc) is 2.83. The molecule has 108 valence electrons. The van der Waals surface area contributed by atoms with Gasteiger partial charge in [-0.25, -0.2) is 18.2 Å². The lowest BCUT2D eigenvalue weighted by Crippen LogP contribution is -2.06. The van der Waals surface area contributed by atoms with E-state index in [-0.39, 0.29) is 30.0 Å². The van der Waals surface area contributed by atoms with Gasteiger partial charge in [0.15, 0.2) is 11.6 Å². The van der Waals surface area contributed by atoms with E-state index in [4.69, 9.17) is 5.11 Å². The lowest BCUT2D eigenvalue weighted by molar-refractivity contribution is 0.278. The highest BCUT2D eigenvalue weighted by atomic mass is 19.2. The first-order valence-electron chi connectivity index (χ1n) is 6.18. The van der Waals surface area contributed by atoms with Gasteiger partial charge < -0.3 is 9.67 Å². The number of aliphatic hydroxyl groups is 1. The minimum Gasteiger partial charge on any atom is -0.395 e. The summed E-state index contributed by atoms with van der Waals surface area (Å²) >= 11 is 0. The Balaban J connectivity index is 2.32. The number of aromatic nitrogens is 3. The van der Waals surface area contributed by atoms with Crippen LogP contribution in [-0.4, -0.2) is 26.2 Å². The van der Waals surface area contributed by atoms with Crippen molar-refractivity contribution in [2.45, 2.75) is 6.54 Å². The van der Waals surface area contributed by atoms with Crippen LogP contribution in [0.5, 0.6) is 0 Å². The molecule has 0 radical (unpaired) electrons. The molecular formula is C14H10F3N3O. The quantitative estimate of drug-likeness (QED) is 0.807. The van der Waals surface area contributed by atoms with E-state index < -0.39 is 17.5 Å². The Hall–Kier alpha value is -2.41. The van der Waals surface area contributed by atoms with E-state index in [1.54, 1.807) is 0 Å². The number of benzene rings is 1. The van der Waals surface area contributed by atoms with E-state index in [1.807, 2.05) is 0 Å². The van der Waals surface area contributed by atoms with E-state index in [9.17, 15) is 13.2 Å². The fourth-order valence-electron chi connectivity index (χ4n) is 2.23. The van der Waals surface area contributed by atoms with Gasteiger partial charge in [-0.15, -0.1) is 0 Å². The molecule has 3 rings (SSSR count). The first-order chi connectivity index (χ1) is 10.1. The zero-order chi connectivity index (χ0) is 15.0. The summed E-state index contributed by atoms with van der Waals surface area (Å²) in [7, 11) is 0. The molecule has 0 aliphatic rings. The molecule has 0 unspecified atom stereocenters. The van der Waals surface area contributed by atoms with Crippen LogP contribution in [0.1, 0.15) is 0 Å². The lowest BCUT2D eigenvalue weighted by Gasteiger charge is -2.07. The molecule has 0 aliphatic carbocycles. The van der Waals surface area contributed by atoms with E-state index in [2.05, 4.69) is 9.97 Å². The molecule has 0 bridgehead atoms. The zero-order valence-electron chi connectivity index (χ0n) is 10.7. The number of nitrogens with zero attached hydrogens (tertiary/aromatic N) is 3. The van der Waals surface area contributed by atoms with Crippen molar-refractivity contribution < 1.29 is 18.3 Å². The second-order valence-corrected chi connectivity index (χ2v) is 4.43. The molecule has 0 atom stereocenters. The summed E-state index contributed by atoms with van der Waals surface area (Å²) < 4.78 is 42.0. The first kappa shape index (κ1) is 13.6. The zero-order valence-corrected chi connectivity index (χ0v) is 10.7. The fraction of sp³-hybridized carbons (Fsp3) is 0.143. The van der Waals surface area contributed by atoms with Gasteiger partial charge in [-0.2, -0.15) is 0 Å². The van der Waals surface area contributed by atoms with Crippen molar-refractivity contribution in [2.75, 3.05) is 6.61 Å². The highest BCUT2D eigenvalue weighted by Crippen LogP contribution is 2.27. The van der Waals surface area contributed by atoms with Gasteiger partial charge in [0.05, 0.1) is 18.3 Å². The fourth-order valence-corrected chi connectivity index (χ4v) is 2.23. The molecule has 7 heteroatoms. The third-order valence-electron chi connectivity index (χ3n) is 3.09. The van der Waals surface area contributed by atoms with Crippen LogP contribution >= 0.6 is 0 Å². The molecule has 0 saturated carbocycles. The number of aliphatic hydroxyl groups excluding tert-OH is 1. The predicted octanol–water partition coefficient (Wildman–Crippen LogP) is 2.51. The third-order valence-corrected chi connectivity index (χ3v) is 3.09. The van der Waals surface area contributed by atoms with Crippen LogP contribution in [0.15, 0.2) is 30.6 Å². The summed E-state index contributed by atoms with van der Waals surface area (Å²) in [5, 5.41) is 9.13. The molecule has 2 heterocycles. The molecule has 0 spiro atoms. The standard InChI is InChI=1S/C14H10F3N3O/c15-9-5-8(6-18-7-9)14-19-11-2-1-10(16)12(17)13(11)20(14)3-4-21/h1-2,5-7,21H,3-4H2. The number of halogens is 3. The van der Waals surface area contributed by atoms with Crippen molar-refractivity contribution in [1.29, 1.82) is 0 Å². The lowest BCUT2D eigenvalue weighted by atomic mass is 10.2. The van der Waals surface area contributed by atoms with Crippen molar-refractivity contribution in [3.63, 3.8) is 0 Å². The normalized spacial score (nSPS) is 11.2. The van der Waals surface area contributed by atoms with Crippen LogP contribution in [0.3, 0.4) is 0 Å². The molecule has 0 fully saturated rings.